The molecule has 0 saturated heterocycles. The van der Waals surface area contributed by atoms with E-state index in [4.69, 9.17) is 5.73 Å². The summed E-state index contributed by atoms with van der Waals surface area (Å²) in [7, 11) is 0. The van der Waals surface area contributed by atoms with Gasteiger partial charge in [0, 0.05) is 23.7 Å². The lowest BCUT2D eigenvalue weighted by Crippen LogP contribution is -2.35. The van der Waals surface area contributed by atoms with Crippen LogP contribution < -0.4 is 10.6 Å². The molecule has 1 amide bonds. The fourth-order valence-electron chi connectivity index (χ4n) is 2.47. The van der Waals surface area contributed by atoms with Crippen molar-refractivity contribution in [3.63, 3.8) is 0 Å². The van der Waals surface area contributed by atoms with E-state index in [0.29, 0.717) is 12.0 Å². The number of Topliss-reactive ketones (excluding diaryl/α,β-unsaturated/α-hetero) is 1. The number of hydrogen-bond acceptors (Lipinski definition) is 3. The van der Waals surface area contributed by atoms with Crippen molar-refractivity contribution in [2.45, 2.75) is 32.7 Å². The maximum atomic E-state index is 11.9. The molecular weight excluding hydrogens is 228 g/mol. The van der Waals surface area contributed by atoms with Crippen LogP contribution in [0.15, 0.2) is 18.2 Å². The third kappa shape index (κ3) is 2.04. The van der Waals surface area contributed by atoms with Crippen molar-refractivity contribution < 1.29 is 9.59 Å². The highest BCUT2D eigenvalue weighted by Crippen LogP contribution is 2.33. The third-order valence-corrected chi connectivity index (χ3v) is 3.37. The summed E-state index contributed by atoms with van der Waals surface area (Å²) in [5.74, 6) is 0.0601. The molecule has 1 aromatic rings. The topological polar surface area (TPSA) is 63.4 Å². The van der Waals surface area contributed by atoms with Gasteiger partial charge < -0.3 is 10.6 Å². The van der Waals surface area contributed by atoms with Crippen LogP contribution in [0.2, 0.25) is 0 Å². The highest BCUT2D eigenvalue weighted by molar-refractivity contribution is 6.00. The van der Waals surface area contributed by atoms with Gasteiger partial charge in [-0.1, -0.05) is 6.92 Å². The van der Waals surface area contributed by atoms with Crippen molar-refractivity contribution in [3.8, 4) is 0 Å². The Morgan fingerprint density at radius 2 is 2.17 bits per heavy atom. The zero-order chi connectivity index (χ0) is 13.3. The van der Waals surface area contributed by atoms with Crippen molar-refractivity contribution >= 4 is 17.4 Å². The maximum absolute atomic E-state index is 11.9. The molecule has 0 bridgehead atoms. The van der Waals surface area contributed by atoms with Gasteiger partial charge in [0.2, 0.25) is 5.91 Å². The maximum Gasteiger partial charge on any atom is 0.226 e. The number of rotatable bonds is 3. The summed E-state index contributed by atoms with van der Waals surface area (Å²) in [4.78, 5) is 25.3. The normalized spacial score (nSPS) is 17.7. The molecule has 1 heterocycles. The van der Waals surface area contributed by atoms with Gasteiger partial charge >= 0.3 is 0 Å². The van der Waals surface area contributed by atoms with Crippen LogP contribution in [0.4, 0.5) is 5.69 Å². The second kappa shape index (κ2) is 4.90. The van der Waals surface area contributed by atoms with E-state index >= 15 is 0 Å². The molecule has 1 aliphatic heterocycles. The fourth-order valence-corrected chi connectivity index (χ4v) is 2.47. The first kappa shape index (κ1) is 12.8. The molecular formula is C14H18N2O2. The van der Waals surface area contributed by atoms with Gasteiger partial charge in [0.05, 0.1) is 6.54 Å². The summed E-state index contributed by atoms with van der Waals surface area (Å²) in [5.41, 5.74) is 7.99. The minimum absolute atomic E-state index is 0.0198. The number of anilines is 1. The van der Waals surface area contributed by atoms with E-state index in [1.807, 2.05) is 30.9 Å². The lowest BCUT2D eigenvalue weighted by atomic mass is 10.0. The van der Waals surface area contributed by atoms with Gasteiger partial charge in [-0.15, -0.1) is 0 Å². The van der Waals surface area contributed by atoms with E-state index in [9.17, 15) is 9.59 Å². The lowest BCUT2D eigenvalue weighted by Gasteiger charge is -2.22. The minimum Gasteiger partial charge on any atom is -0.324 e. The van der Waals surface area contributed by atoms with Gasteiger partial charge in [-0.25, -0.2) is 0 Å². The average molecular weight is 246 g/mol. The van der Waals surface area contributed by atoms with Gasteiger partial charge in [-0.3, -0.25) is 9.59 Å². The third-order valence-electron chi connectivity index (χ3n) is 3.37. The Balaban J connectivity index is 2.38. The molecule has 0 saturated carbocycles. The summed E-state index contributed by atoms with van der Waals surface area (Å²) >= 11 is 0. The van der Waals surface area contributed by atoms with Crippen LogP contribution in [0.25, 0.3) is 0 Å². The van der Waals surface area contributed by atoms with Gasteiger partial charge in [-0.2, -0.15) is 0 Å². The predicted octanol–water partition coefficient (Wildman–Crippen LogP) is 1.52. The van der Waals surface area contributed by atoms with Gasteiger partial charge in [0.1, 0.15) is 0 Å². The standard InChI is InChI=1S/C14H18N2O2/c1-3-14(18)16-9(2)6-11-7-10(13(17)8-15)4-5-12(11)16/h4-5,7,9H,3,6,8,15H2,1-2H3. The molecule has 1 atom stereocenters. The number of benzene rings is 1. The molecule has 18 heavy (non-hydrogen) atoms. The number of nitrogens with two attached hydrogens (primary N) is 1. The Morgan fingerprint density at radius 1 is 1.44 bits per heavy atom. The average Bonchev–Trinajstić information content (AvgIpc) is 2.71. The SMILES string of the molecule is CCC(=O)N1c2ccc(C(=O)CN)cc2CC1C. The van der Waals surface area contributed by atoms with Crippen molar-refractivity contribution in [2.24, 2.45) is 5.73 Å². The van der Waals surface area contributed by atoms with Crippen LogP contribution in [0.1, 0.15) is 36.2 Å². The van der Waals surface area contributed by atoms with E-state index in [2.05, 4.69) is 0 Å². The molecule has 4 heteroatoms. The molecule has 96 valence electrons. The molecule has 1 unspecified atom stereocenters. The summed E-state index contributed by atoms with van der Waals surface area (Å²) < 4.78 is 0. The molecule has 0 spiro atoms. The van der Waals surface area contributed by atoms with Crippen LogP contribution in [0.5, 0.6) is 0 Å². The monoisotopic (exact) mass is 246 g/mol. The number of ketones is 1. The summed E-state index contributed by atoms with van der Waals surface area (Å²) in [6.45, 7) is 3.91. The molecule has 2 rings (SSSR count). The Bertz CT molecular complexity index is 497. The first-order valence-electron chi connectivity index (χ1n) is 6.26. The molecule has 4 nitrogen and oxygen atoms in total. The van der Waals surface area contributed by atoms with Crippen molar-refractivity contribution in [3.05, 3.63) is 29.3 Å². The van der Waals surface area contributed by atoms with Crippen LogP contribution in [0.3, 0.4) is 0 Å². The Morgan fingerprint density at radius 3 is 2.78 bits per heavy atom. The molecule has 1 aliphatic rings. The number of carbonyl (C=O) groups excluding carboxylic acids is 2. The smallest absolute Gasteiger partial charge is 0.226 e. The van der Waals surface area contributed by atoms with E-state index in [0.717, 1.165) is 17.7 Å². The van der Waals surface area contributed by atoms with E-state index in [1.54, 1.807) is 6.07 Å². The number of nitrogens with zero attached hydrogens (tertiary/aromatic N) is 1. The van der Waals surface area contributed by atoms with Crippen molar-refractivity contribution in [2.75, 3.05) is 11.4 Å². The van der Waals surface area contributed by atoms with Crippen LogP contribution in [-0.2, 0) is 11.2 Å². The van der Waals surface area contributed by atoms with E-state index in [-0.39, 0.29) is 24.3 Å². The molecule has 0 fully saturated rings. The number of fused-ring (bicyclic) bond motifs is 1. The predicted molar refractivity (Wildman–Crippen MR) is 70.8 cm³/mol. The molecule has 1 aromatic carbocycles. The quantitative estimate of drug-likeness (QED) is 0.822. The van der Waals surface area contributed by atoms with Crippen molar-refractivity contribution in [1.82, 2.24) is 0 Å². The largest absolute Gasteiger partial charge is 0.324 e. The number of amides is 1. The molecule has 0 radical (unpaired) electrons. The van der Waals surface area contributed by atoms with Crippen LogP contribution in [0, 0.1) is 0 Å². The van der Waals surface area contributed by atoms with Crippen molar-refractivity contribution in [1.29, 1.82) is 0 Å². The summed E-state index contributed by atoms with van der Waals surface area (Å²) in [6.07, 6.45) is 1.29. The van der Waals surface area contributed by atoms with Gasteiger partial charge in [0.15, 0.2) is 5.78 Å². The zero-order valence-corrected chi connectivity index (χ0v) is 10.8. The fraction of sp³-hybridized carbons (Fsp3) is 0.429. The Kier molecular flexibility index (Phi) is 3.48. The number of carbonyl (C=O) groups is 2. The Labute approximate surface area is 107 Å². The lowest BCUT2D eigenvalue weighted by molar-refractivity contribution is -0.118. The molecule has 2 N–H and O–H groups in total. The second-order valence-corrected chi connectivity index (χ2v) is 4.64. The summed E-state index contributed by atoms with van der Waals surface area (Å²) in [5, 5.41) is 0. The van der Waals surface area contributed by atoms with Gasteiger partial charge in [-0.05, 0) is 37.1 Å². The zero-order valence-electron chi connectivity index (χ0n) is 10.8. The molecule has 0 aliphatic carbocycles. The van der Waals surface area contributed by atoms with Crippen LogP contribution >= 0.6 is 0 Å². The first-order chi connectivity index (χ1) is 8.58. The second-order valence-electron chi connectivity index (χ2n) is 4.64. The summed E-state index contributed by atoms with van der Waals surface area (Å²) in [6, 6.07) is 5.64. The highest BCUT2D eigenvalue weighted by atomic mass is 16.2. The van der Waals surface area contributed by atoms with Crippen LogP contribution in [-0.4, -0.2) is 24.3 Å². The Hall–Kier alpha value is -1.68. The van der Waals surface area contributed by atoms with E-state index in [1.165, 1.54) is 0 Å². The molecule has 0 aromatic heterocycles. The van der Waals surface area contributed by atoms with E-state index < -0.39 is 0 Å². The number of hydrogen-bond donors (Lipinski definition) is 1. The minimum atomic E-state index is -0.0641. The highest BCUT2D eigenvalue weighted by Gasteiger charge is 2.30. The first-order valence-corrected chi connectivity index (χ1v) is 6.26. The van der Waals surface area contributed by atoms with Gasteiger partial charge in [0.25, 0.3) is 0 Å².